The van der Waals surface area contributed by atoms with Crippen molar-refractivity contribution < 1.29 is 4.42 Å². The highest BCUT2D eigenvalue weighted by atomic mass is 79.9. The standard InChI is InChI=1S/C14H13BrO2/c1-4-5-10-12(15)7-6-11-13(16)8(2)9(3)17-14(10)11/h4,6-7H,1,5H2,2-3H3. The van der Waals surface area contributed by atoms with Crippen LogP contribution in [0, 0.1) is 13.8 Å². The summed E-state index contributed by atoms with van der Waals surface area (Å²) in [5.74, 6) is 0.672. The monoisotopic (exact) mass is 292 g/mol. The molecule has 2 aromatic rings. The number of hydrogen-bond acceptors (Lipinski definition) is 2. The van der Waals surface area contributed by atoms with E-state index in [-0.39, 0.29) is 5.43 Å². The molecule has 0 spiro atoms. The van der Waals surface area contributed by atoms with Gasteiger partial charge in [0.25, 0.3) is 0 Å². The highest BCUT2D eigenvalue weighted by molar-refractivity contribution is 9.10. The maximum atomic E-state index is 12.1. The summed E-state index contributed by atoms with van der Waals surface area (Å²) >= 11 is 3.48. The molecule has 0 aliphatic carbocycles. The fourth-order valence-corrected chi connectivity index (χ4v) is 2.30. The molecule has 0 aliphatic rings. The third-order valence-electron chi connectivity index (χ3n) is 2.92. The Morgan fingerprint density at radius 3 is 2.76 bits per heavy atom. The minimum absolute atomic E-state index is 0.0431. The first-order valence-corrected chi connectivity index (χ1v) is 6.18. The number of rotatable bonds is 2. The van der Waals surface area contributed by atoms with Gasteiger partial charge in [0, 0.05) is 15.6 Å². The fourth-order valence-electron chi connectivity index (χ4n) is 1.83. The number of fused-ring (bicyclic) bond motifs is 1. The van der Waals surface area contributed by atoms with Gasteiger partial charge in [-0.25, -0.2) is 0 Å². The Hall–Kier alpha value is -1.35. The summed E-state index contributed by atoms with van der Waals surface area (Å²) in [5.41, 5.74) is 2.34. The van der Waals surface area contributed by atoms with Crippen LogP contribution in [0.3, 0.4) is 0 Å². The lowest BCUT2D eigenvalue weighted by atomic mass is 10.1. The number of allylic oxidation sites excluding steroid dienone is 1. The van der Waals surface area contributed by atoms with Gasteiger partial charge >= 0.3 is 0 Å². The number of aryl methyl sites for hydroxylation is 1. The molecule has 0 N–H and O–H groups in total. The van der Waals surface area contributed by atoms with Crippen LogP contribution >= 0.6 is 15.9 Å². The van der Waals surface area contributed by atoms with E-state index in [1.54, 1.807) is 19.1 Å². The van der Waals surface area contributed by atoms with E-state index < -0.39 is 0 Å². The SMILES string of the molecule is C=CCc1c(Br)ccc2c(=O)c(C)c(C)oc12. The fraction of sp³-hybridized carbons (Fsp3) is 0.214. The van der Waals surface area contributed by atoms with Gasteiger partial charge in [0.1, 0.15) is 11.3 Å². The predicted molar refractivity (Wildman–Crippen MR) is 73.6 cm³/mol. The van der Waals surface area contributed by atoms with Crippen LogP contribution in [0.5, 0.6) is 0 Å². The van der Waals surface area contributed by atoms with Crippen molar-refractivity contribution in [3.8, 4) is 0 Å². The Balaban J connectivity index is 2.95. The van der Waals surface area contributed by atoms with Gasteiger partial charge in [-0.1, -0.05) is 22.0 Å². The molecule has 0 atom stereocenters. The lowest BCUT2D eigenvalue weighted by Crippen LogP contribution is -2.08. The molecule has 88 valence electrons. The van der Waals surface area contributed by atoms with Gasteiger partial charge in [0.15, 0.2) is 5.43 Å². The van der Waals surface area contributed by atoms with Crippen LogP contribution in [0.2, 0.25) is 0 Å². The van der Waals surface area contributed by atoms with Crippen molar-refractivity contribution in [1.82, 2.24) is 0 Å². The van der Waals surface area contributed by atoms with Gasteiger partial charge in [-0.05, 0) is 32.4 Å². The second kappa shape index (κ2) is 4.49. The van der Waals surface area contributed by atoms with Gasteiger partial charge in [-0.2, -0.15) is 0 Å². The van der Waals surface area contributed by atoms with E-state index >= 15 is 0 Å². The summed E-state index contributed by atoms with van der Waals surface area (Å²) in [6.45, 7) is 7.33. The normalized spacial score (nSPS) is 10.8. The number of benzene rings is 1. The molecule has 17 heavy (non-hydrogen) atoms. The maximum absolute atomic E-state index is 12.1. The Labute approximate surface area is 108 Å². The lowest BCUT2D eigenvalue weighted by Gasteiger charge is -2.08. The smallest absolute Gasteiger partial charge is 0.195 e. The van der Waals surface area contributed by atoms with Crippen LogP contribution in [0.4, 0.5) is 0 Å². The highest BCUT2D eigenvalue weighted by Crippen LogP contribution is 2.27. The zero-order valence-corrected chi connectivity index (χ0v) is 11.4. The van der Waals surface area contributed by atoms with Crippen LogP contribution in [-0.4, -0.2) is 0 Å². The third kappa shape index (κ3) is 1.95. The summed E-state index contributed by atoms with van der Waals surface area (Å²) < 4.78 is 6.70. The topological polar surface area (TPSA) is 30.2 Å². The quantitative estimate of drug-likeness (QED) is 0.786. The van der Waals surface area contributed by atoms with E-state index in [0.29, 0.717) is 28.7 Å². The summed E-state index contributed by atoms with van der Waals surface area (Å²) in [5, 5.41) is 0.633. The maximum Gasteiger partial charge on any atom is 0.195 e. The van der Waals surface area contributed by atoms with Crippen molar-refractivity contribution in [2.45, 2.75) is 20.3 Å². The first kappa shape index (κ1) is 12.1. The van der Waals surface area contributed by atoms with Gasteiger partial charge in [-0.3, -0.25) is 4.79 Å². The van der Waals surface area contributed by atoms with E-state index in [9.17, 15) is 4.79 Å². The van der Waals surface area contributed by atoms with Crippen LogP contribution < -0.4 is 5.43 Å². The number of hydrogen-bond donors (Lipinski definition) is 0. The van der Waals surface area contributed by atoms with Gasteiger partial charge in [0.05, 0.1) is 5.39 Å². The largest absolute Gasteiger partial charge is 0.460 e. The molecule has 0 saturated heterocycles. The molecule has 0 unspecified atom stereocenters. The molecule has 2 rings (SSSR count). The van der Waals surface area contributed by atoms with Crippen LogP contribution in [0.1, 0.15) is 16.9 Å². The minimum Gasteiger partial charge on any atom is -0.460 e. The Kier molecular flexibility index (Phi) is 3.20. The number of halogens is 1. The van der Waals surface area contributed by atoms with Crippen molar-refractivity contribution in [1.29, 1.82) is 0 Å². The second-order valence-electron chi connectivity index (χ2n) is 4.01. The van der Waals surface area contributed by atoms with Gasteiger partial charge in [0.2, 0.25) is 0 Å². The molecule has 0 aliphatic heterocycles. The molecular weight excluding hydrogens is 280 g/mol. The Morgan fingerprint density at radius 2 is 2.12 bits per heavy atom. The van der Waals surface area contributed by atoms with Crippen molar-refractivity contribution in [2.75, 3.05) is 0 Å². The average molecular weight is 293 g/mol. The second-order valence-corrected chi connectivity index (χ2v) is 4.86. The van der Waals surface area contributed by atoms with Crippen LogP contribution in [-0.2, 0) is 6.42 Å². The lowest BCUT2D eigenvalue weighted by molar-refractivity contribution is 0.555. The highest BCUT2D eigenvalue weighted by Gasteiger charge is 2.12. The zero-order chi connectivity index (χ0) is 12.6. The van der Waals surface area contributed by atoms with Crippen LogP contribution in [0.25, 0.3) is 11.0 Å². The minimum atomic E-state index is 0.0431. The van der Waals surface area contributed by atoms with Crippen molar-refractivity contribution >= 4 is 26.9 Å². The van der Waals surface area contributed by atoms with E-state index in [0.717, 1.165) is 10.0 Å². The molecule has 0 amide bonds. The van der Waals surface area contributed by atoms with Gasteiger partial charge in [-0.15, -0.1) is 6.58 Å². The molecule has 1 aromatic carbocycles. The van der Waals surface area contributed by atoms with Gasteiger partial charge < -0.3 is 4.42 Å². The molecular formula is C14H13BrO2. The molecule has 0 fully saturated rings. The molecule has 2 nitrogen and oxygen atoms in total. The van der Waals surface area contributed by atoms with E-state index in [2.05, 4.69) is 22.5 Å². The van der Waals surface area contributed by atoms with Crippen molar-refractivity contribution in [3.05, 3.63) is 56.4 Å². The molecule has 0 radical (unpaired) electrons. The van der Waals surface area contributed by atoms with E-state index in [1.807, 2.05) is 13.0 Å². The molecule has 1 aromatic heterocycles. The molecule has 3 heteroatoms. The summed E-state index contributed by atoms with van der Waals surface area (Å²) in [6.07, 6.45) is 2.47. The van der Waals surface area contributed by atoms with Crippen molar-refractivity contribution in [2.24, 2.45) is 0 Å². The Morgan fingerprint density at radius 1 is 1.41 bits per heavy atom. The molecule has 0 bridgehead atoms. The van der Waals surface area contributed by atoms with Crippen molar-refractivity contribution in [3.63, 3.8) is 0 Å². The molecule has 1 heterocycles. The average Bonchev–Trinajstić information content (AvgIpc) is 2.30. The van der Waals surface area contributed by atoms with E-state index in [4.69, 9.17) is 4.42 Å². The summed E-state index contributed by atoms with van der Waals surface area (Å²) in [7, 11) is 0. The van der Waals surface area contributed by atoms with Crippen LogP contribution in [0.15, 0.2) is 38.5 Å². The first-order valence-electron chi connectivity index (χ1n) is 5.38. The summed E-state index contributed by atoms with van der Waals surface area (Å²) in [6, 6.07) is 3.68. The predicted octanol–water partition coefficient (Wildman–Crippen LogP) is 3.90. The third-order valence-corrected chi connectivity index (χ3v) is 3.66. The first-order chi connectivity index (χ1) is 8.06. The molecule has 0 saturated carbocycles. The Bertz CT molecular complexity index is 653. The van der Waals surface area contributed by atoms with E-state index in [1.165, 1.54) is 0 Å². The summed E-state index contributed by atoms with van der Waals surface area (Å²) in [4.78, 5) is 12.1. The zero-order valence-electron chi connectivity index (χ0n) is 9.84.